The Morgan fingerprint density at radius 1 is 1.33 bits per heavy atom. The predicted molar refractivity (Wildman–Crippen MR) is 35.4 cm³/mol. The molecule has 0 aromatic carbocycles. The summed E-state index contributed by atoms with van der Waals surface area (Å²) in [6, 6.07) is 0. The van der Waals surface area contributed by atoms with Gasteiger partial charge in [-0.2, -0.15) is 5.06 Å². The van der Waals surface area contributed by atoms with Crippen molar-refractivity contribution in [1.29, 1.82) is 0 Å². The van der Waals surface area contributed by atoms with Gasteiger partial charge in [-0.1, -0.05) is 13.3 Å². The molecule has 0 radical (unpaired) electrons. The van der Waals surface area contributed by atoms with Crippen molar-refractivity contribution >= 4 is 0 Å². The Hall–Kier alpha value is -0.120. The molecule has 0 aliphatic carbocycles. The lowest BCUT2D eigenvalue weighted by Gasteiger charge is -2.10. The van der Waals surface area contributed by atoms with Crippen LogP contribution < -0.4 is 0 Å². The van der Waals surface area contributed by atoms with E-state index >= 15 is 0 Å². The molecule has 0 aromatic rings. The van der Waals surface area contributed by atoms with Crippen molar-refractivity contribution in [3.8, 4) is 0 Å². The quantitative estimate of drug-likeness (QED) is 0.536. The molecular weight excluding hydrogens is 118 g/mol. The number of unbranched alkanes of at least 4 members (excludes halogenated alkanes) is 1. The van der Waals surface area contributed by atoms with Crippen LogP contribution in [-0.4, -0.2) is 35.1 Å². The molecule has 2 N–H and O–H groups in total. The van der Waals surface area contributed by atoms with Crippen LogP contribution in [0, 0.1) is 0 Å². The summed E-state index contributed by atoms with van der Waals surface area (Å²) in [5.74, 6) is 0. The Bertz CT molecular complexity index is 59.0. The van der Waals surface area contributed by atoms with Gasteiger partial charge in [-0.15, -0.1) is 0 Å². The highest BCUT2D eigenvalue weighted by Gasteiger charge is 1.95. The molecule has 0 bridgehead atoms. The number of aliphatic hydroxyl groups is 1. The van der Waals surface area contributed by atoms with Crippen molar-refractivity contribution in [2.45, 2.75) is 19.8 Å². The summed E-state index contributed by atoms with van der Waals surface area (Å²) in [7, 11) is 0. The van der Waals surface area contributed by atoms with Crippen LogP contribution in [0.2, 0.25) is 0 Å². The van der Waals surface area contributed by atoms with E-state index in [9.17, 15) is 0 Å². The average molecular weight is 133 g/mol. The maximum Gasteiger partial charge on any atom is 0.0581 e. The summed E-state index contributed by atoms with van der Waals surface area (Å²) in [6.45, 7) is 3.12. The Kier molecular flexibility index (Phi) is 5.93. The highest BCUT2D eigenvalue weighted by molar-refractivity contribution is 4.42. The molecular formula is C6H15NO2. The minimum Gasteiger partial charge on any atom is -0.395 e. The van der Waals surface area contributed by atoms with Crippen molar-refractivity contribution < 1.29 is 10.3 Å². The van der Waals surface area contributed by atoms with E-state index in [-0.39, 0.29) is 6.61 Å². The summed E-state index contributed by atoms with van der Waals surface area (Å²) in [5.41, 5.74) is 0. The van der Waals surface area contributed by atoms with E-state index < -0.39 is 0 Å². The maximum absolute atomic E-state index is 8.85. The molecule has 0 aromatic heterocycles. The van der Waals surface area contributed by atoms with Crippen LogP contribution in [0.3, 0.4) is 0 Å². The van der Waals surface area contributed by atoms with Crippen molar-refractivity contribution in [2.75, 3.05) is 19.7 Å². The van der Waals surface area contributed by atoms with Gasteiger partial charge in [0.1, 0.15) is 0 Å². The maximum atomic E-state index is 8.85. The van der Waals surface area contributed by atoms with E-state index in [1.54, 1.807) is 0 Å². The van der Waals surface area contributed by atoms with Crippen LogP contribution in [-0.2, 0) is 0 Å². The summed E-state index contributed by atoms with van der Waals surface area (Å²) < 4.78 is 0. The lowest BCUT2D eigenvalue weighted by atomic mass is 10.3. The van der Waals surface area contributed by atoms with Gasteiger partial charge in [0, 0.05) is 13.1 Å². The Labute approximate surface area is 55.9 Å². The molecule has 9 heavy (non-hydrogen) atoms. The van der Waals surface area contributed by atoms with Crippen LogP contribution in [0.15, 0.2) is 0 Å². The molecule has 0 heterocycles. The molecule has 0 amide bonds. The average Bonchev–Trinajstić information content (AvgIpc) is 1.85. The van der Waals surface area contributed by atoms with Gasteiger partial charge in [-0.3, -0.25) is 0 Å². The van der Waals surface area contributed by atoms with E-state index in [0.717, 1.165) is 17.9 Å². The molecule has 0 saturated carbocycles. The predicted octanol–water partition coefficient (Wildman–Crippen LogP) is 0.470. The number of hydrogen-bond donors (Lipinski definition) is 2. The van der Waals surface area contributed by atoms with Crippen molar-refractivity contribution in [1.82, 2.24) is 5.06 Å². The lowest BCUT2D eigenvalue weighted by Crippen LogP contribution is -2.23. The first-order valence-corrected chi connectivity index (χ1v) is 3.36. The zero-order chi connectivity index (χ0) is 7.11. The molecule has 0 fully saturated rings. The Balaban J connectivity index is 2.95. The molecule has 0 aliphatic rings. The van der Waals surface area contributed by atoms with Crippen LogP contribution in [0.25, 0.3) is 0 Å². The molecule has 0 rings (SSSR count). The SMILES string of the molecule is CCCCN(O)CCO. The first-order chi connectivity index (χ1) is 4.31. The molecule has 3 heteroatoms. The van der Waals surface area contributed by atoms with Gasteiger partial charge in [-0.25, -0.2) is 0 Å². The zero-order valence-electron chi connectivity index (χ0n) is 5.88. The minimum atomic E-state index is 0.0280. The second-order valence-corrected chi connectivity index (χ2v) is 2.03. The standard InChI is InChI=1S/C6H15NO2/c1-2-3-4-7(9)5-6-8/h8-9H,2-6H2,1H3. The number of aliphatic hydroxyl groups excluding tert-OH is 1. The summed E-state index contributed by atoms with van der Waals surface area (Å²) >= 11 is 0. The van der Waals surface area contributed by atoms with Crippen LogP contribution in [0.4, 0.5) is 0 Å². The zero-order valence-corrected chi connectivity index (χ0v) is 5.88. The van der Waals surface area contributed by atoms with Gasteiger partial charge in [0.2, 0.25) is 0 Å². The van der Waals surface area contributed by atoms with Crippen molar-refractivity contribution in [3.63, 3.8) is 0 Å². The van der Waals surface area contributed by atoms with Crippen LogP contribution in [0.5, 0.6) is 0 Å². The third kappa shape index (κ3) is 5.76. The van der Waals surface area contributed by atoms with E-state index in [0.29, 0.717) is 13.1 Å². The highest BCUT2D eigenvalue weighted by Crippen LogP contribution is 1.89. The number of hydrogen-bond acceptors (Lipinski definition) is 3. The number of rotatable bonds is 5. The fourth-order valence-electron chi connectivity index (χ4n) is 0.568. The first-order valence-electron chi connectivity index (χ1n) is 3.36. The lowest BCUT2D eigenvalue weighted by molar-refractivity contribution is -0.0988. The van der Waals surface area contributed by atoms with Crippen LogP contribution in [0.1, 0.15) is 19.8 Å². The van der Waals surface area contributed by atoms with Gasteiger partial charge >= 0.3 is 0 Å². The molecule has 0 aliphatic heterocycles. The van der Waals surface area contributed by atoms with Crippen molar-refractivity contribution in [3.05, 3.63) is 0 Å². The fraction of sp³-hybridized carbons (Fsp3) is 1.00. The fourth-order valence-corrected chi connectivity index (χ4v) is 0.568. The normalized spacial score (nSPS) is 10.7. The first kappa shape index (κ1) is 8.88. The van der Waals surface area contributed by atoms with E-state index in [4.69, 9.17) is 10.3 Å². The van der Waals surface area contributed by atoms with Gasteiger partial charge in [0.15, 0.2) is 0 Å². The molecule has 0 saturated heterocycles. The smallest absolute Gasteiger partial charge is 0.0581 e. The molecule has 56 valence electrons. The Morgan fingerprint density at radius 3 is 2.44 bits per heavy atom. The minimum absolute atomic E-state index is 0.0280. The van der Waals surface area contributed by atoms with Crippen molar-refractivity contribution in [2.24, 2.45) is 0 Å². The van der Waals surface area contributed by atoms with E-state index in [2.05, 4.69) is 6.92 Å². The van der Waals surface area contributed by atoms with E-state index in [1.165, 1.54) is 0 Å². The third-order valence-corrected chi connectivity index (χ3v) is 1.13. The second kappa shape index (κ2) is 6.01. The topological polar surface area (TPSA) is 43.7 Å². The monoisotopic (exact) mass is 133 g/mol. The number of hydroxylamine groups is 2. The highest BCUT2D eigenvalue weighted by atomic mass is 16.5. The molecule has 0 unspecified atom stereocenters. The van der Waals surface area contributed by atoms with Gasteiger partial charge < -0.3 is 10.3 Å². The third-order valence-electron chi connectivity index (χ3n) is 1.13. The van der Waals surface area contributed by atoms with Gasteiger partial charge in [0.25, 0.3) is 0 Å². The summed E-state index contributed by atoms with van der Waals surface area (Å²) in [5, 5.41) is 18.3. The summed E-state index contributed by atoms with van der Waals surface area (Å²) in [6.07, 6.45) is 2.05. The van der Waals surface area contributed by atoms with Gasteiger partial charge in [-0.05, 0) is 6.42 Å². The molecule has 0 spiro atoms. The largest absolute Gasteiger partial charge is 0.395 e. The van der Waals surface area contributed by atoms with Crippen LogP contribution >= 0.6 is 0 Å². The molecule has 0 atom stereocenters. The second-order valence-electron chi connectivity index (χ2n) is 2.03. The molecule has 3 nitrogen and oxygen atoms in total. The number of nitrogens with zero attached hydrogens (tertiary/aromatic N) is 1. The van der Waals surface area contributed by atoms with Gasteiger partial charge in [0.05, 0.1) is 6.61 Å². The Morgan fingerprint density at radius 2 is 2.00 bits per heavy atom. The summed E-state index contributed by atoms with van der Waals surface area (Å²) in [4.78, 5) is 0. The van der Waals surface area contributed by atoms with E-state index in [1.807, 2.05) is 0 Å².